The van der Waals surface area contributed by atoms with E-state index in [0.29, 0.717) is 18.7 Å². The first-order chi connectivity index (χ1) is 7.05. The zero-order chi connectivity index (χ0) is 11.7. The molecule has 15 heavy (non-hydrogen) atoms. The van der Waals surface area contributed by atoms with Crippen molar-refractivity contribution in [3.63, 3.8) is 0 Å². The van der Waals surface area contributed by atoms with Crippen LogP contribution in [-0.4, -0.2) is 22.6 Å². The summed E-state index contributed by atoms with van der Waals surface area (Å²) in [4.78, 5) is 19.4. The summed E-state index contributed by atoms with van der Waals surface area (Å²) in [6.07, 6.45) is 5.66. The molecule has 0 aliphatic rings. The molecule has 3 nitrogen and oxygen atoms in total. The Balaban J connectivity index is 3.90. The van der Waals surface area contributed by atoms with Gasteiger partial charge >= 0.3 is 7.94 Å². The van der Waals surface area contributed by atoms with E-state index in [4.69, 9.17) is 4.52 Å². The maximum Gasteiger partial charge on any atom is 0.406 e. The van der Waals surface area contributed by atoms with Crippen LogP contribution in [0.15, 0.2) is 0 Å². The lowest BCUT2D eigenvalue weighted by Crippen LogP contribution is -2.12. The molecule has 0 rings (SSSR count). The van der Waals surface area contributed by atoms with E-state index >= 15 is 0 Å². The predicted molar refractivity (Wildman–Crippen MR) is 65.8 cm³/mol. The second kappa shape index (κ2) is 8.46. The van der Waals surface area contributed by atoms with Crippen LogP contribution in [0.3, 0.4) is 0 Å². The van der Waals surface area contributed by atoms with Gasteiger partial charge in [0.05, 0.1) is 6.61 Å². The fourth-order valence-corrected chi connectivity index (χ4v) is 3.24. The summed E-state index contributed by atoms with van der Waals surface area (Å²) >= 11 is 0. The molecule has 2 N–H and O–H groups in total. The Morgan fingerprint density at radius 1 is 1.13 bits per heavy atom. The average molecular weight is 237 g/mol. The first-order valence-corrected chi connectivity index (χ1v) is 7.83. The lowest BCUT2D eigenvalue weighted by atomic mass is 10.0. The topological polar surface area (TPSA) is 49.7 Å². The number of hydrogen-bond acceptors (Lipinski definition) is 3. The normalized spacial score (nSPS) is 14.2. The van der Waals surface area contributed by atoms with E-state index in [9.17, 15) is 9.79 Å². The van der Waals surface area contributed by atoms with Crippen molar-refractivity contribution in [1.82, 2.24) is 0 Å². The summed E-state index contributed by atoms with van der Waals surface area (Å²) in [5.41, 5.74) is 0. The molecule has 0 aromatic carbocycles. The minimum Gasteiger partial charge on any atom is -0.193 e. The van der Waals surface area contributed by atoms with Gasteiger partial charge in [0.2, 0.25) is 0 Å². The number of rotatable bonds is 9. The highest BCUT2D eigenvalue weighted by atomic mass is 31.2. The summed E-state index contributed by atoms with van der Waals surface area (Å²) in [5, 5.41) is 0. The van der Waals surface area contributed by atoms with E-state index in [2.05, 4.69) is 13.8 Å². The molecule has 0 aromatic rings. The molecule has 0 saturated heterocycles. The van der Waals surface area contributed by atoms with Gasteiger partial charge in [0.25, 0.3) is 0 Å². The standard InChI is InChI=1S/C11H26O3P/c1-4-7-8-11(6-3)10-15(12,13)14-9-5-2/h11-13H,4-10H2,1-3H3/q+1. The molecule has 0 aliphatic carbocycles. The zero-order valence-corrected chi connectivity index (χ0v) is 11.2. The van der Waals surface area contributed by atoms with Crippen molar-refractivity contribution in [2.75, 3.05) is 12.8 Å². The highest BCUT2D eigenvalue weighted by molar-refractivity contribution is 7.59. The van der Waals surface area contributed by atoms with E-state index in [-0.39, 0.29) is 0 Å². The molecule has 0 bridgehead atoms. The van der Waals surface area contributed by atoms with Crippen LogP contribution in [-0.2, 0) is 4.52 Å². The molecule has 0 aromatic heterocycles. The quantitative estimate of drug-likeness (QED) is 0.604. The summed E-state index contributed by atoms with van der Waals surface area (Å²) in [7, 11) is -3.07. The van der Waals surface area contributed by atoms with E-state index < -0.39 is 7.94 Å². The SMILES string of the molecule is CCCCC(CC)C[P+](O)(O)OCCC. The lowest BCUT2D eigenvalue weighted by molar-refractivity contribution is 0.222. The lowest BCUT2D eigenvalue weighted by Gasteiger charge is -2.17. The number of hydrogen-bond donors (Lipinski definition) is 2. The molecule has 0 radical (unpaired) electrons. The van der Waals surface area contributed by atoms with Crippen LogP contribution >= 0.6 is 7.94 Å². The van der Waals surface area contributed by atoms with Gasteiger partial charge in [-0.3, -0.25) is 0 Å². The molecule has 92 valence electrons. The van der Waals surface area contributed by atoms with Gasteiger partial charge in [-0.05, 0) is 19.3 Å². The molecule has 0 saturated carbocycles. The fourth-order valence-electron chi connectivity index (χ4n) is 1.54. The Hall–Kier alpha value is 0.310. The highest BCUT2D eigenvalue weighted by Gasteiger charge is 2.37. The van der Waals surface area contributed by atoms with Gasteiger partial charge in [-0.25, -0.2) is 0 Å². The molecular weight excluding hydrogens is 211 g/mol. The second-order valence-electron chi connectivity index (χ2n) is 4.10. The molecule has 0 spiro atoms. The van der Waals surface area contributed by atoms with Gasteiger partial charge in [0.15, 0.2) is 0 Å². The largest absolute Gasteiger partial charge is 0.406 e. The third-order valence-corrected chi connectivity index (χ3v) is 4.13. The molecule has 0 fully saturated rings. The Morgan fingerprint density at radius 3 is 2.27 bits per heavy atom. The van der Waals surface area contributed by atoms with Crippen LogP contribution < -0.4 is 0 Å². The van der Waals surface area contributed by atoms with E-state index in [1.807, 2.05) is 6.92 Å². The monoisotopic (exact) mass is 237 g/mol. The van der Waals surface area contributed by atoms with E-state index in [1.54, 1.807) is 0 Å². The maximum atomic E-state index is 9.69. The van der Waals surface area contributed by atoms with Crippen LogP contribution in [0.25, 0.3) is 0 Å². The minimum atomic E-state index is -3.07. The highest BCUT2D eigenvalue weighted by Crippen LogP contribution is 2.53. The number of unbranched alkanes of at least 4 members (excludes halogenated alkanes) is 1. The van der Waals surface area contributed by atoms with Crippen LogP contribution in [0.5, 0.6) is 0 Å². The Bertz CT molecular complexity index is 151. The van der Waals surface area contributed by atoms with Crippen molar-refractivity contribution in [2.45, 2.75) is 52.9 Å². The van der Waals surface area contributed by atoms with Gasteiger partial charge in [0.1, 0.15) is 6.16 Å². The smallest absolute Gasteiger partial charge is 0.193 e. The molecule has 1 atom stereocenters. The van der Waals surface area contributed by atoms with E-state index in [0.717, 1.165) is 32.1 Å². The third-order valence-electron chi connectivity index (χ3n) is 2.54. The predicted octanol–water partition coefficient (Wildman–Crippen LogP) is 3.38. The fraction of sp³-hybridized carbons (Fsp3) is 1.00. The molecule has 0 amide bonds. The van der Waals surface area contributed by atoms with Crippen LogP contribution in [0.4, 0.5) is 0 Å². The van der Waals surface area contributed by atoms with Crippen molar-refractivity contribution in [1.29, 1.82) is 0 Å². The minimum absolute atomic E-state index is 0.394. The van der Waals surface area contributed by atoms with E-state index in [1.165, 1.54) is 0 Å². The van der Waals surface area contributed by atoms with Gasteiger partial charge < -0.3 is 0 Å². The van der Waals surface area contributed by atoms with Crippen molar-refractivity contribution in [3.8, 4) is 0 Å². The van der Waals surface area contributed by atoms with Crippen LogP contribution in [0.2, 0.25) is 0 Å². The van der Waals surface area contributed by atoms with Crippen molar-refractivity contribution in [3.05, 3.63) is 0 Å². The van der Waals surface area contributed by atoms with Gasteiger partial charge in [-0.2, -0.15) is 14.3 Å². The van der Waals surface area contributed by atoms with Crippen LogP contribution in [0.1, 0.15) is 52.9 Å². The van der Waals surface area contributed by atoms with Gasteiger partial charge in [-0.15, -0.1) is 0 Å². The summed E-state index contributed by atoms with van der Waals surface area (Å²) in [6.45, 7) is 6.67. The van der Waals surface area contributed by atoms with Gasteiger partial charge in [-0.1, -0.05) is 33.6 Å². The molecule has 0 aliphatic heterocycles. The zero-order valence-electron chi connectivity index (χ0n) is 10.3. The summed E-state index contributed by atoms with van der Waals surface area (Å²) in [6, 6.07) is 0. The molecule has 0 heterocycles. The maximum absolute atomic E-state index is 9.69. The Labute approximate surface area is 94.4 Å². The molecular formula is C11H26O3P+. The Kier molecular flexibility index (Phi) is 8.64. The van der Waals surface area contributed by atoms with Crippen LogP contribution in [0, 0.1) is 5.92 Å². The van der Waals surface area contributed by atoms with Gasteiger partial charge in [0, 0.05) is 5.92 Å². The Morgan fingerprint density at radius 2 is 1.80 bits per heavy atom. The average Bonchev–Trinajstić information content (AvgIpc) is 2.21. The van der Waals surface area contributed by atoms with Crippen molar-refractivity contribution < 1.29 is 14.3 Å². The van der Waals surface area contributed by atoms with Crippen molar-refractivity contribution in [2.24, 2.45) is 5.92 Å². The van der Waals surface area contributed by atoms with Crippen molar-refractivity contribution >= 4 is 7.94 Å². The second-order valence-corrected chi connectivity index (χ2v) is 6.05. The summed E-state index contributed by atoms with van der Waals surface area (Å²) in [5.74, 6) is 0.394. The molecule has 4 heteroatoms. The first kappa shape index (κ1) is 15.3. The summed E-state index contributed by atoms with van der Waals surface area (Å²) < 4.78 is 5.11. The third kappa shape index (κ3) is 8.15. The molecule has 1 unspecified atom stereocenters. The first-order valence-electron chi connectivity index (χ1n) is 6.03.